The number of ether oxygens (including phenoxy) is 1. The molecule has 1 heterocycles. The Hall–Kier alpha value is -1.84. The highest BCUT2D eigenvalue weighted by Gasteiger charge is 2.32. The average molecular weight is 314 g/mol. The summed E-state index contributed by atoms with van der Waals surface area (Å²) in [4.78, 5) is 13.5. The zero-order valence-corrected chi connectivity index (χ0v) is 12.4. The van der Waals surface area contributed by atoms with Gasteiger partial charge >= 0.3 is 0 Å². The van der Waals surface area contributed by atoms with Crippen molar-refractivity contribution >= 4 is 27.3 Å². The van der Waals surface area contributed by atoms with Crippen LogP contribution in [0.1, 0.15) is 0 Å². The number of rotatable bonds is 3. The summed E-state index contributed by atoms with van der Waals surface area (Å²) in [5.74, 6) is -0.258. The Balaban J connectivity index is 2.51. The van der Waals surface area contributed by atoms with Crippen molar-refractivity contribution in [2.75, 3.05) is 37.4 Å². The minimum Gasteiger partial charge on any atom is -0.399 e. The third kappa shape index (κ3) is 3.26. The highest BCUT2D eigenvalue weighted by molar-refractivity contribution is 7.89. The van der Waals surface area contributed by atoms with Gasteiger partial charge in [0.05, 0.1) is 18.9 Å². The number of amides is 1. The van der Waals surface area contributed by atoms with Gasteiger partial charge in [0.25, 0.3) is 0 Å². The van der Waals surface area contributed by atoms with Crippen molar-refractivity contribution in [3.63, 3.8) is 0 Å². The van der Waals surface area contributed by atoms with Crippen LogP contribution in [-0.2, 0) is 19.6 Å². The van der Waals surface area contributed by atoms with E-state index in [0.717, 1.165) is 0 Å². The maximum absolute atomic E-state index is 11.9. The van der Waals surface area contributed by atoms with Crippen LogP contribution in [0.5, 0.6) is 0 Å². The van der Waals surface area contributed by atoms with Crippen LogP contribution in [0.15, 0.2) is 23.1 Å². The standard InChI is InChI=1S/C12H18N4O4S/c1-15-12(17)10-7-20-5-4-16(10)9-3-2-8(13)6-11(9)21(14,18)19/h2-3,6,10H,4-5,7,13H2,1H3,(H,15,17)(H2,14,18,19). The maximum atomic E-state index is 11.9. The SMILES string of the molecule is CNC(=O)C1COCCN1c1ccc(N)cc1S(N)(=O)=O. The summed E-state index contributed by atoms with van der Waals surface area (Å²) in [6, 6.07) is 3.80. The summed E-state index contributed by atoms with van der Waals surface area (Å²) in [6.07, 6.45) is 0. The molecular formula is C12H18N4O4S. The number of anilines is 2. The summed E-state index contributed by atoms with van der Waals surface area (Å²) in [5.41, 5.74) is 6.27. The van der Waals surface area contributed by atoms with Crippen LogP contribution < -0.4 is 21.1 Å². The Bertz CT molecular complexity index is 647. The van der Waals surface area contributed by atoms with Gasteiger partial charge in [-0.1, -0.05) is 0 Å². The molecular weight excluding hydrogens is 296 g/mol. The Morgan fingerprint density at radius 2 is 2.19 bits per heavy atom. The molecule has 1 saturated heterocycles. The Morgan fingerprint density at radius 3 is 2.81 bits per heavy atom. The molecule has 1 aromatic rings. The molecule has 5 N–H and O–H groups in total. The lowest BCUT2D eigenvalue weighted by Gasteiger charge is -2.36. The molecule has 0 aliphatic carbocycles. The van der Waals surface area contributed by atoms with E-state index in [0.29, 0.717) is 18.8 Å². The molecule has 1 aliphatic rings. The molecule has 1 fully saturated rings. The van der Waals surface area contributed by atoms with E-state index >= 15 is 0 Å². The molecule has 0 spiro atoms. The number of nitrogen functional groups attached to an aromatic ring is 1. The van der Waals surface area contributed by atoms with Gasteiger partial charge in [-0.15, -0.1) is 0 Å². The fourth-order valence-electron chi connectivity index (χ4n) is 2.27. The molecule has 1 amide bonds. The summed E-state index contributed by atoms with van der Waals surface area (Å²) >= 11 is 0. The summed E-state index contributed by atoms with van der Waals surface area (Å²) < 4.78 is 28.8. The van der Waals surface area contributed by atoms with Gasteiger partial charge in [-0.3, -0.25) is 4.79 Å². The van der Waals surface area contributed by atoms with Crippen LogP contribution in [0.3, 0.4) is 0 Å². The predicted octanol–water partition coefficient (Wildman–Crippen LogP) is -1.13. The Morgan fingerprint density at radius 1 is 1.48 bits per heavy atom. The number of benzene rings is 1. The number of morpholine rings is 1. The second kappa shape index (κ2) is 5.88. The minimum atomic E-state index is -3.96. The van der Waals surface area contributed by atoms with Crippen molar-refractivity contribution in [2.24, 2.45) is 5.14 Å². The third-order valence-corrected chi connectivity index (χ3v) is 4.22. The van der Waals surface area contributed by atoms with Gasteiger partial charge in [-0.25, -0.2) is 13.6 Å². The lowest BCUT2D eigenvalue weighted by Crippen LogP contribution is -2.53. The van der Waals surface area contributed by atoms with Gasteiger partial charge in [0, 0.05) is 19.3 Å². The zero-order chi connectivity index (χ0) is 15.6. The van der Waals surface area contributed by atoms with Crippen LogP contribution in [0.4, 0.5) is 11.4 Å². The topological polar surface area (TPSA) is 128 Å². The first-order chi connectivity index (χ1) is 9.84. The minimum absolute atomic E-state index is 0.0988. The summed E-state index contributed by atoms with van der Waals surface area (Å²) in [5, 5.41) is 7.78. The highest BCUT2D eigenvalue weighted by atomic mass is 32.2. The molecule has 21 heavy (non-hydrogen) atoms. The monoisotopic (exact) mass is 314 g/mol. The number of carbonyl (C=O) groups excluding carboxylic acids is 1. The number of primary sulfonamides is 1. The molecule has 116 valence electrons. The van der Waals surface area contributed by atoms with Crippen LogP contribution in [0, 0.1) is 0 Å². The number of nitrogens with zero attached hydrogens (tertiary/aromatic N) is 1. The van der Waals surface area contributed by atoms with Gasteiger partial charge in [-0.2, -0.15) is 0 Å². The first-order valence-electron chi connectivity index (χ1n) is 6.33. The van der Waals surface area contributed by atoms with Gasteiger partial charge in [0.15, 0.2) is 0 Å². The van der Waals surface area contributed by atoms with Gasteiger partial charge < -0.3 is 20.7 Å². The van der Waals surface area contributed by atoms with Crippen molar-refractivity contribution in [3.05, 3.63) is 18.2 Å². The van der Waals surface area contributed by atoms with Crippen LogP contribution >= 0.6 is 0 Å². The van der Waals surface area contributed by atoms with Crippen LogP contribution in [-0.4, -0.2) is 47.2 Å². The number of carbonyl (C=O) groups is 1. The third-order valence-electron chi connectivity index (χ3n) is 3.28. The van der Waals surface area contributed by atoms with E-state index in [1.54, 1.807) is 17.0 Å². The van der Waals surface area contributed by atoms with E-state index in [-0.39, 0.29) is 23.1 Å². The highest BCUT2D eigenvalue weighted by Crippen LogP contribution is 2.29. The van der Waals surface area contributed by atoms with E-state index in [1.807, 2.05) is 0 Å². The van der Waals surface area contributed by atoms with Crippen molar-refractivity contribution in [1.82, 2.24) is 5.32 Å². The van der Waals surface area contributed by atoms with Crippen molar-refractivity contribution in [2.45, 2.75) is 10.9 Å². The molecule has 1 aliphatic heterocycles. The van der Waals surface area contributed by atoms with E-state index in [9.17, 15) is 13.2 Å². The molecule has 1 atom stereocenters. The van der Waals surface area contributed by atoms with Crippen molar-refractivity contribution < 1.29 is 17.9 Å². The van der Waals surface area contributed by atoms with Crippen LogP contribution in [0.25, 0.3) is 0 Å². The fourth-order valence-corrected chi connectivity index (χ4v) is 3.05. The Kier molecular flexibility index (Phi) is 4.35. The molecule has 0 radical (unpaired) electrons. The molecule has 8 nitrogen and oxygen atoms in total. The smallest absolute Gasteiger partial charge is 0.244 e. The van der Waals surface area contributed by atoms with E-state index in [1.165, 1.54) is 13.1 Å². The van der Waals surface area contributed by atoms with Gasteiger partial charge in [0.2, 0.25) is 15.9 Å². The molecule has 1 aromatic carbocycles. The zero-order valence-electron chi connectivity index (χ0n) is 11.6. The molecule has 0 saturated carbocycles. The largest absolute Gasteiger partial charge is 0.399 e. The number of hydrogen-bond acceptors (Lipinski definition) is 6. The molecule has 0 bridgehead atoms. The first kappa shape index (κ1) is 15.5. The maximum Gasteiger partial charge on any atom is 0.244 e. The lowest BCUT2D eigenvalue weighted by molar-refractivity contribution is -0.124. The molecule has 0 aromatic heterocycles. The van der Waals surface area contributed by atoms with E-state index < -0.39 is 16.1 Å². The first-order valence-corrected chi connectivity index (χ1v) is 7.87. The van der Waals surface area contributed by atoms with Crippen LogP contribution in [0.2, 0.25) is 0 Å². The second-order valence-electron chi connectivity index (χ2n) is 4.67. The number of nitrogens with two attached hydrogens (primary N) is 2. The summed E-state index contributed by atoms with van der Waals surface area (Å²) in [7, 11) is -2.44. The molecule has 1 unspecified atom stereocenters. The van der Waals surface area contributed by atoms with Gasteiger partial charge in [0.1, 0.15) is 10.9 Å². The van der Waals surface area contributed by atoms with E-state index in [4.69, 9.17) is 15.6 Å². The van der Waals surface area contributed by atoms with Gasteiger partial charge in [-0.05, 0) is 18.2 Å². The number of nitrogens with one attached hydrogen (secondary N) is 1. The molecule has 9 heteroatoms. The average Bonchev–Trinajstić information content (AvgIpc) is 2.45. The van der Waals surface area contributed by atoms with Crippen molar-refractivity contribution in [1.29, 1.82) is 0 Å². The quantitative estimate of drug-likeness (QED) is 0.606. The normalized spacial score (nSPS) is 19.3. The Labute approximate surface area is 123 Å². The molecule has 2 rings (SSSR count). The number of likely N-dealkylation sites (N-methyl/N-ethyl adjacent to an activating group) is 1. The second-order valence-corrected chi connectivity index (χ2v) is 6.20. The summed E-state index contributed by atoms with van der Waals surface area (Å²) in [6.45, 7) is 0.945. The fraction of sp³-hybridized carbons (Fsp3) is 0.417. The predicted molar refractivity (Wildman–Crippen MR) is 78.2 cm³/mol. The lowest BCUT2D eigenvalue weighted by atomic mass is 10.1. The number of hydrogen-bond donors (Lipinski definition) is 3. The van der Waals surface area contributed by atoms with Crippen molar-refractivity contribution in [3.8, 4) is 0 Å². The van der Waals surface area contributed by atoms with E-state index in [2.05, 4.69) is 5.32 Å². The number of sulfonamides is 1.